The Hall–Kier alpha value is -2.84. The number of halogens is 1. The third kappa shape index (κ3) is 5.09. The molecule has 4 rings (SSSR count). The van der Waals surface area contributed by atoms with Crippen LogP contribution in [0.15, 0.2) is 53.0 Å². The van der Waals surface area contributed by atoms with Gasteiger partial charge >= 0.3 is 0 Å². The monoisotopic (exact) mass is 541 g/mol. The summed E-state index contributed by atoms with van der Waals surface area (Å²) in [5, 5.41) is 4.03. The van der Waals surface area contributed by atoms with Crippen molar-refractivity contribution in [3.63, 3.8) is 0 Å². The van der Waals surface area contributed by atoms with E-state index in [1.54, 1.807) is 12.0 Å². The van der Waals surface area contributed by atoms with E-state index in [4.69, 9.17) is 9.47 Å². The number of para-hydroxylation sites is 1. The second-order valence-electron chi connectivity index (χ2n) is 9.32. The lowest BCUT2D eigenvalue weighted by Gasteiger charge is -2.44. The summed E-state index contributed by atoms with van der Waals surface area (Å²) < 4.78 is 14.0. The molecule has 2 aromatic carbocycles. The van der Waals surface area contributed by atoms with Crippen LogP contribution in [0.3, 0.4) is 0 Å². The van der Waals surface area contributed by atoms with E-state index in [2.05, 4.69) is 21.2 Å². The Morgan fingerprint density at radius 3 is 2.71 bits per heavy atom. The van der Waals surface area contributed by atoms with E-state index in [-0.39, 0.29) is 24.5 Å². The Kier molecular flexibility index (Phi) is 7.52. The number of carbonyl (C=O) groups is 2. The molecule has 3 aromatic rings. The van der Waals surface area contributed by atoms with Gasteiger partial charge in [-0.25, -0.2) is 0 Å². The Labute approximate surface area is 214 Å². The summed E-state index contributed by atoms with van der Waals surface area (Å²) in [5.74, 6) is 0.295. The second kappa shape index (κ2) is 10.4. The first-order chi connectivity index (χ1) is 16.7. The highest BCUT2D eigenvalue weighted by Crippen LogP contribution is 2.35. The van der Waals surface area contributed by atoms with Gasteiger partial charge in [0.25, 0.3) is 5.91 Å². The number of nitrogens with one attached hydrogen (secondary N) is 1. The minimum Gasteiger partial charge on any atom is -0.496 e. The second-order valence-corrected chi connectivity index (χ2v) is 10.2. The van der Waals surface area contributed by atoms with Crippen LogP contribution < -0.4 is 10.1 Å². The maximum Gasteiger partial charge on any atom is 0.271 e. The zero-order valence-corrected chi connectivity index (χ0v) is 22.2. The standard InChI is InChI=1S/C27H32BrN3O4/c1-18(2)35-13-7-12-29-26(33)27(3)17-30-22-9-6-5-8-19(22)15-23(30)25(32)31(27)16-20-14-21(28)10-11-24(20)34-4/h5-6,8-11,14-15,18H,7,12-13,16-17H2,1-4H3,(H,29,33). The van der Waals surface area contributed by atoms with Gasteiger partial charge in [-0.3, -0.25) is 9.59 Å². The largest absolute Gasteiger partial charge is 0.496 e. The third-order valence-corrected chi connectivity index (χ3v) is 6.95. The maximum absolute atomic E-state index is 13.9. The highest BCUT2D eigenvalue weighted by atomic mass is 79.9. The molecule has 0 bridgehead atoms. The molecule has 35 heavy (non-hydrogen) atoms. The summed E-state index contributed by atoms with van der Waals surface area (Å²) in [4.78, 5) is 29.2. The Balaban J connectivity index is 1.69. The number of hydrogen-bond donors (Lipinski definition) is 1. The van der Waals surface area contributed by atoms with Gasteiger partial charge in [-0.1, -0.05) is 34.1 Å². The Bertz CT molecular complexity index is 1240. The topological polar surface area (TPSA) is 72.8 Å². The lowest BCUT2D eigenvalue weighted by atomic mass is 9.93. The number of amides is 2. The molecular weight excluding hydrogens is 510 g/mol. The number of benzene rings is 2. The van der Waals surface area contributed by atoms with Gasteiger partial charge < -0.3 is 24.3 Å². The van der Waals surface area contributed by atoms with Crippen LogP contribution in [-0.4, -0.2) is 53.2 Å². The normalized spacial score (nSPS) is 17.7. The lowest BCUT2D eigenvalue weighted by Crippen LogP contribution is -2.63. The summed E-state index contributed by atoms with van der Waals surface area (Å²) >= 11 is 3.52. The van der Waals surface area contributed by atoms with Crippen molar-refractivity contribution in [2.45, 2.75) is 51.9 Å². The first kappa shape index (κ1) is 25.3. The summed E-state index contributed by atoms with van der Waals surface area (Å²) in [6, 6.07) is 15.5. The first-order valence-corrected chi connectivity index (χ1v) is 12.7. The SMILES string of the molecule is COc1ccc(Br)cc1CN1C(=O)c2cc3ccccc3n2CC1(C)C(=O)NCCCOC(C)C. The van der Waals surface area contributed by atoms with Crippen molar-refractivity contribution in [3.05, 3.63) is 64.3 Å². The van der Waals surface area contributed by atoms with Crippen LogP contribution in [0.4, 0.5) is 0 Å². The molecule has 186 valence electrons. The van der Waals surface area contributed by atoms with Crippen molar-refractivity contribution in [2.24, 2.45) is 0 Å². The first-order valence-electron chi connectivity index (χ1n) is 11.9. The Morgan fingerprint density at radius 1 is 1.20 bits per heavy atom. The quantitative estimate of drug-likeness (QED) is 0.396. The maximum atomic E-state index is 13.9. The zero-order valence-electron chi connectivity index (χ0n) is 20.6. The van der Waals surface area contributed by atoms with Gasteiger partial charge in [0.15, 0.2) is 0 Å². The molecule has 0 fully saturated rings. The van der Waals surface area contributed by atoms with Gasteiger partial charge in [-0.2, -0.15) is 0 Å². The average molecular weight is 542 g/mol. The van der Waals surface area contributed by atoms with E-state index in [0.29, 0.717) is 37.6 Å². The fourth-order valence-corrected chi connectivity index (χ4v) is 4.99. The summed E-state index contributed by atoms with van der Waals surface area (Å²) in [6.07, 6.45) is 0.848. The number of carbonyl (C=O) groups excluding carboxylic acids is 2. The molecular formula is C27H32BrN3O4. The van der Waals surface area contributed by atoms with Crippen molar-refractivity contribution in [2.75, 3.05) is 20.3 Å². The Morgan fingerprint density at radius 2 is 1.97 bits per heavy atom. The number of aromatic nitrogens is 1. The molecule has 0 aliphatic carbocycles. The van der Waals surface area contributed by atoms with E-state index in [9.17, 15) is 9.59 Å². The number of fused-ring (bicyclic) bond motifs is 3. The lowest BCUT2D eigenvalue weighted by molar-refractivity contribution is -0.133. The molecule has 0 spiro atoms. The molecule has 2 amide bonds. The summed E-state index contributed by atoms with van der Waals surface area (Å²) in [7, 11) is 1.60. The highest BCUT2D eigenvalue weighted by Gasteiger charge is 2.47. The molecule has 8 heteroatoms. The van der Waals surface area contributed by atoms with Crippen LogP contribution in [0.2, 0.25) is 0 Å². The van der Waals surface area contributed by atoms with Gasteiger partial charge in [0.2, 0.25) is 5.91 Å². The summed E-state index contributed by atoms with van der Waals surface area (Å²) in [5.41, 5.74) is 1.25. The van der Waals surface area contributed by atoms with Gasteiger partial charge in [0.05, 0.1) is 26.3 Å². The van der Waals surface area contributed by atoms with Crippen LogP contribution in [0.1, 0.15) is 43.2 Å². The molecule has 1 aliphatic heterocycles. The van der Waals surface area contributed by atoms with Crippen molar-refractivity contribution >= 4 is 38.6 Å². The molecule has 2 heterocycles. The number of rotatable bonds is 9. The molecule has 1 unspecified atom stereocenters. The number of nitrogens with zero attached hydrogens (tertiary/aromatic N) is 2. The van der Waals surface area contributed by atoms with Crippen LogP contribution in [-0.2, 0) is 22.6 Å². The summed E-state index contributed by atoms with van der Waals surface area (Å²) in [6.45, 7) is 7.45. The zero-order chi connectivity index (χ0) is 25.2. The predicted octanol–water partition coefficient (Wildman–Crippen LogP) is 4.76. The van der Waals surface area contributed by atoms with Crippen molar-refractivity contribution in [3.8, 4) is 5.75 Å². The van der Waals surface area contributed by atoms with Crippen molar-refractivity contribution in [1.29, 1.82) is 0 Å². The van der Waals surface area contributed by atoms with E-state index < -0.39 is 5.54 Å². The van der Waals surface area contributed by atoms with Crippen LogP contribution in [0.25, 0.3) is 10.9 Å². The minimum atomic E-state index is -1.10. The van der Waals surface area contributed by atoms with E-state index in [0.717, 1.165) is 20.9 Å². The molecule has 1 atom stereocenters. The van der Waals surface area contributed by atoms with Gasteiger partial charge in [-0.05, 0) is 57.5 Å². The van der Waals surface area contributed by atoms with Crippen molar-refractivity contribution < 1.29 is 19.1 Å². The van der Waals surface area contributed by atoms with Crippen LogP contribution >= 0.6 is 15.9 Å². The van der Waals surface area contributed by atoms with Crippen LogP contribution in [0.5, 0.6) is 5.75 Å². The fourth-order valence-electron chi connectivity index (χ4n) is 4.58. The third-order valence-electron chi connectivity index (χ3n) is 6.45. The number of hydrogen-bond acceptors (Lipinski definition) is 4. The van der Waals surface area contributed by atoms with E-state index in [1.807, 2.05) is 73.9 Å². The number of ether oxygens (including phenoxy) is 2. The van der Waals surface area contributed by atoms with Crippen LogP contribution in [0, 0.1) is 0 Å². The van der Waals surface area contributed by atoms with Gasteiger partial charge in [0.1, 0.15) is 17.0 Å². The fraction of sp³-hybridized carbons (Fsp3) is 0.407. The van der Waals surface area contributed by atoms with Gasteiger partial charge in [-0.15, -0.1) is 0 Å². The molecule has 0 radical (unpaired) electrons. The smallest absolute Gasteiger partial charge is 0.271 e. The van der Waals surface area contributed by atoms with E-state index in [1.165, 1.54) is 0 Å². The molecule has 1 aromatic heterocycles. The molecule has 1 aliphatic rings. The molecule has 0 saturated heterocycles. The van der Waals surface area contributed by atoms with Crippen molar-refractivity contribution in [1.82, 2.24) is 14.8 Å². The molecule has 7 nitrogen and oxygen atoms in total. The molecule has 1 N–H and O–H groups in total. The average Bonchev–Trinajstić information content (AvgIpc) is 3.20. The number of methoxy groups -OCH3 is 1. The predicted molar refractivity (Wildman–Crippen MR) is 140 cm³/mol. The molecule has 0 saturated carbocycles. The van der Waals surface area contributed by atoms with E-state index >= 15 is 0 Å². The highest BCUT2D eigenvalue weighted by molar-refractivity contribution is 9.10. The van der Waals surface area contributed by atoms with Gasteiger partial charge in [0, 0.05) is 34.1 Å². The minimum absolute atomic E-state index is 0.148.